The van der Waals surface area contributed by atoms with Gasteiger partial charge in [0.1, 0.15) is 19.8 Å². The standard InChI is InChI=1S/C51H91NO11/c1-6-11-15-18-20-25-36-57-50(58-37-26-21-19-16-12-7-2)34-33-49(55)61-42-46(43-63-51(56)62-40-45-30-27-35-52(10-5)38-45)41-60-48(54)32-24-23-31-47(53)59-39-44(28-14-9-4)29-22-17-13-8-3/h11-12,15-16,44-46,50H,6-10,13-14,17-43H2,1-5H3/b15-11-,16-12-. The van der Waals surface area contributed by atoms with Crippen molar-refractivity contribution in [2.75, 3.05) is 65.9 Å². The fraction of sp³-hybridized carbons (Fsp3) is 0.843. The molecule has 1 aliphatic rings. The fourth-order valence-electron chi connectivity index (χ4n) is 7.36. The van der Waals surface area contributed by atoms with E-state index in [4.69, 9.17) is 33.2 Å². The van der Waals surface area contributed by atoms with Gasteiger partial charge in [-0.1, -0.05) is 97.4 Å². The second-order valence-electron chi connectivity index (χ2n) is 17.2. The van der Waals surface area contributed by atoms with Gasteiger partial charge in [0.15, 0.2) is 6.29 Å². The topological polar surface area (TPSA) is 136 Å². The van der Waals surface area contributed by atoms with Crippen LogP contribution in [0.5, 0.6) is 0 Å². The van der Waals surface area contributed by atoms with Gasteiger partial charge in [0.05, 0.1) is 25.6 Å². The van der Waals surface area contributed by atoms with Crippen molar-refractivity contribution in [3.05, 3.63) is 24.3 Å². The minimum atomic E-state index is -0.800. The third-order valence-corrected chi connectivity index (χ3v) is 11.3. The van der Waals surface area contributed by atoms with Crippen LogP contribution in [0.4, 0.5) is 4.79 Å². The Morgan fingerprint density at radius 1 is 0.556 bits per heavy atom. The molecule has 1 heterocycles. The molecule has 1 saturated heterocycles. The molecule has 1 fully saturated rings. The van der Waals surface area contributed by atoms with Gasteiger partial charge < -0.3 is 38.1 Å². The molecule has 12 heteroatoms. The zero-order chi connectivity index (χ0) is 46.0. The number of allylic oxidation sites excluding steroid dienone is 4. The van der Waals surface area contributed by atoms with Crippen LogP contribution in [0.15, 0.2) is 24.3 Å². The largest absolute Gasteiger partial charge is 0.508 e. The van der Waals surface area contributed by atoms with E-state index in [1.54, 1.807) is 0 Å². The first-order valence-corrected chi connectivity index (χ1v) is 25.3. The fourth-order valence-corrected chi connectivity index (χ4v) is 7.36. The summed E-state index contributed by atoms with van der Waals surface area (Å²) < 4.78 is 39.8. The van der Waals surface area contributed by atoms with Crippen molar-refractivity contribution < 1.29 is 52.3 Å². The van der Waals surface area contributed by atoms with Crippen molar-refractivity contribution in [3.8, 4) is 0 Å². The van der Waals surface area contributed by atoms with Crippen LogP contribution >= 0.6 is 0 Å². The molecule has 3 unspecified atom stereocenters. The minimum Gasteiger partial charge on any atom is -0.465 e. The number of carbonyl (C=O) groups excluding carboxylic acids is 4. The summed E-state index contributed by atoms with van der Waals surface area (Å²) in [5.41, 5.74) is 0. The van der Waals surface area contributed by atoms with E-state index < -0.39 is 30.3 Å². The molecule has 12 nitrogen and oxygen atoms in total. The molecule has 0 saturated carbocycles. The Morgan fingerprint density at radius 2 is 1.11 bits per heavy atom. The lowest BCUT2D eigenvalue weighted by molar-refractivity contribution is -0.161. The summed E-state index contributed by atoms with van der Waals surface area (Å²) in [5.74, 6) is -1.06. The predicted octanol–water partition coefficient (Wildman–Crippen LogP) is 11.9. The number of hydrogen-bond acceptors (Lipinski definition) is 12. The molecule has 3 atom stereocenters. The Labute approximate surface area is 383 Å². The van der Waals surface area contributed by atoms with E-state index in [1.807, 2.05) is 0 Å². The Kier molecular flexibility index (Phi) is 38.5. The number of carbonyl (C=O) groups is 4. The van der Waals surface area contributed by atoms with Gasteiger partial charge in [0.2, 0.25) is 0 Å². The SMILES string of the molecule is CC/C=C\CCCCOC(CCC(=O)OCC(COC(=O)CCCCC(=O)OCC(CCCC)CCCCCC)COC(=O)OCC1CCCN(CC)C1)OCCCC/C=C\CC. The lowest BCUT2D eigenvalue weighted by Gasteiger charge is -2.31. The van der Waals surface area contributed by atoms with Crippen molar-refractivity contribution in [2.45, 2.75) is 195 Å². The molecule has 0 bridgehead atoms. The van der Waals surface area contributed by atoms with Crippen molar-refractivity contribution >= 4 is 24.1 Å². The van der Waals surface area contributed by atoms with Crippen LogP contribution in [0.25, 0.3) is 0 Å². The highest BCUT2D eigenvalue weighted by Gasteiger charge is 2.23. The van der Waals surface area contributed by atoms with Gasteiger partial charge in [0.25, 0.3) is 0 Å². The average molecular weight is 894 g/mol. The number of likely N-dealkylation sites (tertiary alicyclic amines) is 1. The van der Waals surface area contributed by atoms with Crippen molar-refractivity contribution in [2.24, 2.45) is 17.8 Å². The molecule has 0 aromatic rings. The monoisotopic (exact) mass is 894 g/mol. The van der Waals surface area contributed by atoms with Crippen LogP contribution in [-0.2, 0) is 47.5 Å². The normalized spacial score (nSPS) is 15.5. The third kappa shape index (κ3) is 35.0. The molecule has 0 N–H and O–H groups in total. The zero-order valence-corrected chi connectivity index (χ0v) is 40.6. The van der Waals surface area contributed by atoms with Crippen LogP contribution in [0.1, 0.15) is 189 Å². The van der Waals surface area contributed by atoms with E-state index in [9.17, 15) is 19.2 Å². The molecule has 1 aliphatic heterocycles. The molecule has 0 amide bonds. The van der Waals surface area contributed by atoms with Crippen LogP contribution in [0.2, 0.25) is 0 Å². The summed E-state index contributed by atoms with van der Waals surface area (Å²) in [5, 5.41) is 0. The van der Waals surface area contributed by atoms with Crippen LogP contribution < -0.4 is 0 Å². The first-order valence-electron chi connectivity index (χ1n) is 25.3. The van der Waals surface area contributed by atoms with Gasteiger partial charge in [-0.3, -0.25) is 14.4 Å². The van der Waals surface area contributed by atoms with E-state index in [0.29, 0.717) is 45.0 Å². The molecule has 63 heavy (non-hydrogen) atoms. The van der Waals surface area contributed by atoms with E-state index in [0.717, 1.165) is 110 Å². The van der Waals surface area contributed by atoms with E-state index in [-0.39, 0.29) is 57.6 Å². The van der Waals surface area contributed by atoms with Gasteiger partial charge in [-0.15, -0.1) is 0 Å². The number of nitrogens with zero attached hydrogens (tertiary/aromatic N) is 1. The van der Waals surface area contributed by atoms with Gasteiger partial charge in [-0.2, -0.15) is 0 Å². The highest BCUT2D eigenvalue weighted by atomic mass is 16.7. The Morgan fingerprint density at radius 3 is 1.68 bits per heavy atom. The summed E-state index contributed by atoms with van der Waals surface area (Å²) in [6.45, 7) is 15.1. The van der Waals surface area contributed by atoms with E-state index in [2.05, 4.69) is 63.8 Å². The number of unbranched alkanes of at least 4 members (excludes halogenated alkanes) is 9. The number of hydrogen-bond donors (Lipinski definition) is 0. The molecule has 0 aliphatic carbocycles. The first-order chi connectivity index (χ1) is 30.7. The van der Waals surface area contributed by atoms with Gasteiger partial charge >= 0.3 is 24.1 Å². The number of ether oxygens (including phenoxy) is 7. The summed E-state index contributed by atoms with van der Waals surface area (Å²) in [4.78, 5) is 53.3. The maximum atomic E-state index is 13.0. The van der Waals surface area contributed by atoms with Gasteiger partial charge in [0, 0.05) is 44.9 Å². The quantitative estimate of drug-likeness (QED) is 0.0190. The van der Waals surface area contributed by atoms with E-state index >= 15 is 0 Å². The zero-order valence-electron chi connectivity index (χ0n) is 40.6. The molecule has 0 aromatic heterocycles. The molecule has 1 rings (SSSR count). The Balaban J connectivity index is 2.67. The highest BCUT2D eigenvalue weighted by molar-refractivity contribution is 5.71. The van der Waals surface area contributed by atoms with Gasteiger partial charge in [-0.25, -0.2) is 4.79 Å². The summed E-state index contributed by atoms with van der Waals surface area (Å²) in [6, 6.07) is 0. The first kappa shape index (κ1) is 58.1. The third-order valence-electron chi connectivity index (χ3n) is 11.3. The predicted molar refractivity (Wildman–Crippen MR) is 250 cm³/mol. The molecule has 0 spiro atoms. The minimum absolute atomic E-state index is 0.0789. The summed E-state index contributed by atoms with van der Waals surface area (Å²) in [7, 11) is 0. The van der Waals surface area contributed by atoms with Crippen LogP contribution in [0.3, 0.4) is 0 Å². The van der Waals surface area contributed by atoms with Crippen LogP contribution in [-0.4, -0.2) is 101 Å². The lowest BCUT2D eigenvalue weighted by Crippen LogP contribution is -2.37. The molecule has 0 radical (unpaired) electrons. The summed E-state index contributed by atoms with van der Waals surface area (Å²) >= 11 is 0. The molecule has 0 aromatic carbocycles. The smallest absolute Gasteiger partial charge is 0.465 e. The van der Waals surface area contributed by atoms with Gasteiger partial charge in [-0.05, 0) is 109 Å². The number of piperidine rings is 1. The van der Waals surface area contributed by atoms with E-state index in [1.165, 1.54) is 25.7 Å². The van der Waals surface area contributed by atoms with Crippen molar-refractivity contribution in [1.29, 1.82) is 0 Å². The average Bonchev–Trinajstić information content (AvgIpc) is 3.29. The van der Waals surface area contributed by atoms with Crippen molar-refractivity contribution in [1.82, 2.24) is 4.90 Å². The Hall–Kier alpha value is -2.96. The van der Waals surface area contributed by atoms with Crippen LogP contribution in [0, 0.1) is 17.8 Å². The second-order valence-corrected chi connectivity index (χ2v) is 17.2. The summed E-state index contributed by atoms with van der Waals surface area (Å²) in [6.07, 6.45) is 28.4. The molecular formula is C51H91NO11. The molecule has 366 valence electrons. The lowest BCUT2D eigenvalue weighted by atomic mass is 9.96. The number of rotatable bonds is 41. The highest BCUT2D eigenvalue weighted by Crippen LogP contribution is 2.20. The Bertz CT molecular complexity index is 1170. The molecular weight excluding hydrogens is 803 g/mol. The maximum absolute atomic E-state index is 13.0. The number of esters is 3. The second kappa shape index (κ2) is 41.7. The maximum Gasteiger partial charge on any atom is 0.508 e. The van der Waals surface area contributed by atoms with Crippen molar-refractivity contribution in [3.63, 3.8) is 0 Å².